The first kappa shape index (κ1) is 14.4. The van der Waals surface area contributed by atoms with Crippen molar-refractivity contribution in [3.05, 3.63) is 29.8 Å². The molecule has 3 nitrogen and oxygen atoms in total. The number of ether oxygens (including phenoxy) is 1. The minimum atomic E-state index is -0.483. The maximum absolute atomic E-state index is 9.66. The highest BCUT2D eigenvalue weighted by Gasteiger charge is 2.49. The molecule has 0 aromatic heterocycles. The third-order valence-corrected chi connectivity index (χ3v) is 4.44. The summed E-state index contributed by atoms with van der Waals surface area (Å²) in [5, 5.41) is 13.2. The number of nitrogens with one attached hydrogen (secondary N) is 1. The van der Waals surface area contributed by atoms with Gasteiger partial charge in [-0.25, -0.2) is 0 Å². The van der Waals surface area contributed by atoms with Crippen molar-refractivity contribution in [2.75, 3.05) is 6.61 Å². The minimum Gasteiger partial charge on any atom is -0.491 e. The van der Waals surface area contributed by atoms with Crippen LogP contribution in [-0.2, 0) is 6.42 Å². The van der Waals surface area contributed by atoms with Gasteiger partial charge >= 0.3 is 0 Å². The van der Waals surface area contributed by atoms with Crippen LogP contribution in [0.3, 0.4) is 0 Å². The lowest BCUT2D eigenvalue weighted by Gasteiger charge is -2.28. The molecule has 0 bridgehead atoms. The number of hydrogen-bond acceptors (Lipinski definition) is 3. The Morgan fingerprint density at radius 2 is 1.95 bits per heavy atom. The molecular formula is C18H24N2O. The van der Waals surface area contributed by atoms with Crippen LogP contribution in [0.1, 0.15) is 44.6 Å². The first-order valence-electron chi connectivity index (χ1n) is 8.16. The van der Waals surface area contributed by atoms with Crippen LogP contribution in [0.15, 0.2) is 24.3 Å². The normalized spacial score (nSPS) is 20.6. The molecule has 0 amide bonds. The highest BCUT2D eigenvalue weighted by atomic mass is 16.5. The molecule has 1 atom stereocenters. The Labute approximate surface area is 127 Å². The van der Waals surface area contributed by atoms with Crippen LogP contribution >= 0.6 is 0 Å². The second-order valence-corrected chi connectivity index (χ2v) is 6.46. The van der Waals surface area contributed by atoms with Crippen molar-refractivity contribution in [2.45, 2.75) is 57.0 Å². The fourth-order valence-corrected chi connectivity index (χ4v) is 2.84. The quantitative estimate of drug-likeness (QED) is 0.795. The summed E-state index contributed by atoms with van der Waals surface area (Å²) in [5.74, 6) is 1.33. The lowest BCUT2D eigenvalue weighted by Crippen LogP contribution is -2.52. The van der Waals surface area contributed by atoms with Gasteiger partial charge in [-0.15, -0.1) is 0 Å². The number of benzene rings is 1. The Morgan fingerprint density at radius 3 is 2.48 bits per heavy atom. The van der Waals surface area contributed by atoms with Crippen molar-refractivity contribution >= 4 is 0 Å². The number of aryl methyl sites for hydroxylation is 1. The van der Waals surface area contributed by atoms with Crippen molar-refractivity contribution in [3.8, 4) is 11.8 Å². The summed E-state index contributed by atoms with van der Waals surface area (Å²) in [7, 11) is 0. The van der Waals surface area contributed by atoms with E-state index in [1.807, 2.05) is 12.1 Å². The molecule has 0 spiro atoms. The Bertz CT molecular complexity index is 511. The van der Waals surface area contributed by atoms with E-state index >= 15 is 0 Å². The Balaban J connectivity index is 1.62. The summed E-state index contributed by atoms with van der Waals surface area (Å²) in [6, 6.07) is 11.3. The summed E-state index contributed by atoms with van der Waals surface area (Å²) in [6.45, 7) is 2.64. The van der Waals surface area contributed by atoms with Gasteiger partial charge < -0.3 is 4.74 Å². The first-order chi connectivity index (χ1) is 10.3. The first-order valence-corrected chi connectivity index (χ1v) is 8.16. The SMILES string of the molecule is CCCc1ccc(OCC(C#N)(NC2CC2)C2CC2)cc1. The van der Waals surface area contributed by atoms with Crippen LogP contribution in [0, 0.1) is 17.2 Å². The van der Waals surface area contributed by atoms with E-state index in [1.165, 1.54) is 18.4 Å². The molecule has 1 unspecified atom stereocenters. The van der Waals surface area contributed by atoms with Gasteiger partial charge in [0.05, 0.1) is 6.07 Å². The maximum Gasteiger partial charge on any atom is 0.144 e. The summed E-state index contributed by atoms with van der Waals surface area (Å²) in [6.07, 6.45) is 6.94. The molecule has 3 rings (SSSR count). The third kappa shape index (κ3) is 3.57. The highest BCUT2D eigenvalue weighted by Crippen LogP contribution is 2.41. The molecule has 21 heavy (non-hydrogen) atoms. The lowest BCUT2D eigenvalue weighted by molar-refractivity contribution is 0.200. The van der Waals surface area contributed by atoms with Crippen molar-refractivity contribution < 1.29 is 4.74 Å². The van der Waals surface area contributed by atoms with Crippen molar-refractivity contribution in [1.82, 2.24) is 5.32 Å². The number of rotatable bonds is 8. The summed E-state index contributed by atoms with van der Waals surface area (Å²) in [4.78, 5) is 0. The summed E-state index contributed by atoms with van der Waals surface area (Å²) in [5.41, 5.74) is 0.859. The second-order valence-electron chi connectivity index (χ2n) is 6.46. The lowest BCUT2D eigenvalue weighted by atomic mass is 9.96. The molecule has 1 aromatic carbocycles. The Kier molecular flexibility index (Phi) is 4.17. The highest BCUT2D eigenvalue weighted by molar-refractivity contribution is 5.28. The summed E-state index contributed by atoms with van der Waals surface area (Å²) >= 11 is 0. The Morgan fingerprint density at radius 1 is 1.24 bits per heavy atom. The average molecular weight is 284 g/mol. The minimum absolute atomic E-state index is 0.456. The van der Waals surface area contributed by atoms with Gasteiger partial charge in [-0.1, -0.05) is 25.5 Å². The van der Waals surface area contributed by atoms with Crippen LogP contribution in [0.5, 0.6) is 5.75 Å². The second kappa shape index (κ2) is 6.07. The van der Waals surface area contributed by atoms with E-state index in [0.717, 1.165) is 31.4 Å². The van der Waals surface area contributed by atoms with Gasteiger partial charge in [0.1, 0.15) is 17.9 Å². The molecule has 2 aliphatic rings. The fourth-order valence-electron chi connectivity index (χ4n) is 2.84. The van der Waals surface area contributed by atoms with Gasteiger partial charge in [0.25, 0.3) is 0 Å². The van der Waals surface area contributed by atoms with E-state index in [4.69, 9.17) is 4.74 Å². The van der Waals surface area contributed by atoms with E-state index in [0.29, 0.717) is 18.6 Å². The van der Waals surface area contributed by atoms with Gasteiger partial charge in [0.2, 0.25) is 0 Å². The molecule has 2 aliphatic carbocycles. The van der Waals surface area contributed by atoms with Gasteiger partial charge in [-0.3, -0.25) is 5.32 Å². The van der Waals surface area contributed by atoms with Crippen LogP contribution in [-0.4, -0.2) is 18.2 Å². The molecule has 0 saturated heterocycles. The average Bonchev–Trinajstić information content (AvgIpc) is 3.38. The predicted octanol–water partition coefficient (Wildman–Crippen LogP) is 3.44. The van der Waals surface area contributed by atoms with Gasteiger partial charge in [0.15, 0.2) is 0 Å². The van der Waals surface area contributed by atoms with Crippen molar-refractivity contribution in [3.63, 3.8) is 0 Å². The molecule has 2 fully saturated rings. The number of nitrogens with zero attached hydrogens (tertiary/aromatic N) is 1. The largest absolute Gasteiger partial charge is 0.491 e. The molecule has 1 aromatic rings. The monoisotopic (exact) mass is 284 g/mol. The van der Waals surface area contributed by atoms with Gasteiger partial charge in [-0.2, -0.15) is 5.26 Å². The zero-order valence-electron chi connectivity index (χ0n) is 12.8. The topological polar surface area (TPSA) is 45.0 Å². The number of hydrogen-bond donors (Lipinski definition) is 1. The Hall–Kier alpha value is -1.53. The van der Waals surface area contributed by atoms with Crippen LogP contribution in [0.4, 0.5) is 0 Å². The molecule has 112 valence electrons. The number of nitriles is 1. The zero-order chi connectivity index (χ0) is 14.7. The molecule has 3 heteroatoms. The van der Waals surface area contributed by atoms with Crippen molar-refractivity contribution in [1.29, 1.82) is 5.26 Å². The van der Waals surface area contributed by atoms with E-state index < -0.39 is 5.54 Å². The fraction of sp³-hybridized carbons (Fsp3) is 0.611. The van der Waals surface area contributed by atoms with Crippen LogP contribution in [0.2, 0.25) is 0 Å². The third-order valence-electron chi connectivity index (χ3n) is 4.44. The molecule has 0 radical (unpaired) electrons. The van der Waals surface area contributed by atoms with Crippen LogP contribution < -0.4 is 10.1 Å². The van der Waals surface area contributed by atoms with E-state index in [-0.39, 0.29) is 0 Å². The summed E-state index contributed by atoms with van der Waals surface area (Å²) < 4.78 is 5.94. The molecule has 2 saturated carbocycles. The van der Waals surface area contributed by atoms with E-state index in [1.54, 1.807) is 0 Å². The standard InChI is InChI=1S/C18H24N2O/c1-2-3-14-4-10-17(11-5-14)21-13-18(12-19,15-6-7-15)20-16-8-9-16/h4-5,10-11,15-16,20H,2-3,6-9,13H2,1H3. The maximum atomic E-state index is 9.66. The van der Waals surface area contributed by atoms with E-state index in [2.05, 4.69) is 30.4 Å². The van der Waals surface area contributed by atoms with Gasteiger partial charge in [0, 0.05) is 6.04 Å². The smallest absolute Gasteiger partial charge is 0.144 e. The zero-order valence-corrected chi connectivity index (χ0v) is 12.8. The van der Waals surface area contributed by atoms with E-state index in [9.17, 15) is 5.26 Å². The van der Waals surface area contributed by atoms with Crippen LogP contribution in [0.25, 0.3) is 0 Å². The predicted molar refractivity (Wildman–Crippen MR) is 83.2 cm³/mol. The van der Waals surface area contributed by atoms with Crippen molar-refractivity contribution in [2.24, 2.45) is 5.92 Å². The molecule has 1 N–H and O–H groups in total. The van der Waals surface area contributed by atoms with Gasteiger partial charge in [-0.05, 0) is 55.7 Å². The molecular weight excluding hydrogens is 260 g/mol. The molecule has 0 heterocycles. The molecule has 0 aliphatic heterocycles.